The molecule has 23 heavy (non-hydrogen) atoms. The van der Waals surface area contributed by atoms with Gasteiger partial charge in [0.2, 0.25) is 0 Å². The van der Waals surface area contributed by atoms with Gasteiger partial charge in [0.25, 0.3) is 0 Å². The molecule has 11 heteroatoms. The maximum absolute atomic E-state index is 10.8. The van der Waals surface area contributed by atoms with Crippen LogP contribution >= 0.6 is 0 Å². The van der Waals surface area contributed by atoms with Gasteiger partial charge >= 0.3 is 0 Å². The third kappa shape index (κ3) is 2.49. The fourth-order valence-electron chi connectivity index (χ4n) is 3.15. The Bertz CT molecular complexity index is 418. The first-order chi connectivity index (χ1) is 10.7. The molecular weight excluding hydrogens is 320 g/mol. The molecule has 0 aliphatic carbocycles. The molecule has 9 atom stereocenters. The summed E-state index contributed by atoms with van der Waals surface area (Å²) in [4.78, 5) is 0. The lowest BCUT2D eigenvalue weighted by molar-refractivity contribution is -0.407. The molecule has 2 aliphatic heterocycles. The van der Waals surface area contributed by atoms with Crippen molar-refractivity contribution in [1.29, 1.82) is 0 Å². The number of hydrogen-bond acceptors (Lipinski definition) is 11. The Morgan fingerprint density at radius 2 is 1.48 bits per heavy atom. The van der Waals surface area contributed by atoms with E-state index in [9.17, 15) is 40.9 Å². The highest BCUT2D eigenvalue weighted by molar-refractivity contribution is 5.19. The summed E-state index contributed by atoms with van der Waals surface area (Å²) in [6.07, 6.45) is -13.7. The highest BCUT2D eigenvalue weighted by Gasteiger charge is 2.72. The van der Waals surface area contributed by atoms with E-state index in [4.69, 9.17) is 14.6 Å². The molecule has 11 nitrogen and oxygen atoms in total. The zero-order valence-electron chi connectivity index (χ0n) is 12.0. The summed E-state index contributed by atoms with van der Waals surface area (Å²) in [6, 6.07) is 0. The molecule has 0 radical (unpaired) electrons. The minimum atomic E-state index is -3.13. The van der Waals surface area contributed by atoms with E-state index in [2.05, 4.69) is 0 Å². The van der Waals surface area contributed by atoms with Crippen molar-refractivity contribution in [2.75, 3.05) is 19.8 Å². The predicted octanol–water partition coefficient (Wildman–Crippen LogP) is -6.01. The Hall–Kier alpha value is -0.440. The number of rotatable bonds is 3. The van der Waals surface area contributed by atoms with E-state index in [1.54, 1.807) is 0 Å². The predicted molar refractivity (Wildman–Crippen MR) is 68.7 cm³/mol. The molecule has 0 saturated carbocycles. The lowest BCUT2D eigenvalue weighted by Gasteiger charge is -2.58. The van der Waals surface area contributed by atoms with Crippen LogP contribution in [0.15, 0.2) is 0 Å². The second-order valence-corrected chi connectivity index (χ2v) is 5.81. The van der Waals surface area contributed by atoms with E-state index in [0.29, 0.717) is 0 Å². The fraction of sp³-hybridized carbons (Fsp3) is 1.00. The lowest BCUT2D eigenvalue weighted by atomic mass is 9.66. The molecule has 0 spiro atoms. The molecular formula is C12H22O11. The number of aliphatic hydroxyl groups excluding tert-OH is 7. The minimum absolute atomic E-state index is 0.486. The van der Waals surface area contributed by atoms with E-state index < -0.39 is 73.9 Å². The second-order valence-electron chi connectivity index (χ2n) is 5.81. The molecule has 0 aromatic rings. The molecule has 0 amide bonds. The number of hydrogen-bond donors (Lipinski definition) is 9. The standard InChI is InChI=1S/C12H22O11/c13-1-5-7(16)9(18)12(21,10(19)23-5)11(20)6(2-14)22-3-4(15)8(11)17/h4-10,13-21H,1-3H2/t4-,5+,6+,7+,8+,9-,10-,11+,12-/m0/s1. The average Bonchev–Trinajstić information content (AvgIpc) is 2.54. The summed E-state index contributed by atoms with van der Waals surface area (Å²) in [5, 5.41) is 89.6. The van der Waals surface area contributed by atoms with Crippen LogP contribution in [-0.4, -0.2) is 120 Å². The average molecular weight is 342 g/mol. The Morgan fingerprint density at radius 3 is 2.00 bits per heavy atom. The molecule has 0 aromatic heterocycles. The topological polar surface area (TPSA) is 201 Å². The molecule has 9 N–H and O–H groups in total. The molecule has 2 heterocycles. The third-order valence-electron chi connectivity index (χ3n) is 4.60. The van der Waals surface area contributed by atoms with Gasteiger partial charge in [-0.3, -0.25) is 0 Å². The quantitative estimate of drug-likeness (QED) is 0.236. The summed E-state index contributed by atoms with van der Waals surface area (Å²) in [7, 11) is 0. The van der Waals surface area contributed by atoms with Crippen molar-refractivity contribution in [2.45, 2.75) is 54.1 Å². The lowest BCUT2D eigenvalue weighted by Crippen LogP contribution is -2.84. The van der Waals surface area contributed by atoms with Gasteiger partial charge in [-0.05, 0) is 0 Å². The summed E-state index contributed by atoms with van der Waals surface area (Å²) < 4.78 is 9.73. The van der Waals surface area contributed by atoms with E-state index in [1.165, 1.54) is 0 Å². The fourth-order valence-corrected chi connectivity index (χ4v) is 3.15. The summed E-state index contributed by atoms with van der Waals surface area (Å²) >= 11 is 0. The summed E-state index contributed by atoms with van der Waals surface area (Å²) in [6.45, 7) is -2.24. The van der Waals surface area contributed by atoms with Crippen molar-refractivity contribution in [3.8, 4) is 0 Å². The zero-order valence-corrected chi connectivity index (χ0v) is 12.0. The van der Waals surface area contributed by atoms with E-state index in [-0.39, 0.29) is 0 Å². The SMILES string of the molecule is OC[C@H]1O[C@H](O)[C@](O)([C@]2(O)[C@H](O)[C@@H](O)CO[C@@H]2CO)[C@@H](O)[C@@H]1O. The first kappa shape index (κ1) is 18.9. The van der Waals surface area contributed by atoms with Gasteiger partial charge in [-0.25, -0.2) is 0 Å². The highest BCUT2D eigenvalue weighted by Crippen LogP contribution is 2.44. The van der Waals surface area contributed by atoms with Crippen LogP contribution < -0.4 is 0 Å². The van der Waals surface area contributed by atoms with Gasteiger partial charge in [-0.2, -0.15) is 0 Å². The van der Waals surface area contributed by atoms with Crippen LogP contribution in [-0.2, 0) is 9.47 Å². The Labute approximate surface area is 130 Å². The molecule has 136 valence electrons. The highest BCUT2D eigenvalue weighted by atomic mass is 16.7. The molecule has 0 aromatic carbocycles. The van der Waals surface area contributed by atoms with Crippen LogP contribution in [0.3, 0.4) is 0 Å². The van der Waals surface area contributed by atoms with E-state index in [0.717, 1.165) is 0 Å². The normalized spacial score (nSPS) is 54.9. The van der Waals surface area contributed by atoms with Crippen LogP contribution in [0.2, 0.25) is 0 Å². The van der Waals surface area contributed by atoms with Gasteiger partial charge in [0.15, 0.2) is 17.5 Å². The van der Waals surface area contributed by atoms with E-state index in [1.807, 2.05) is 0 Å². The van der Waals surface area contributed by atoms with Crippen LogP contribution in [0.5, 0.6) is 0 Å². The second kappa shape index (κ2) is 6.46. The Morgan fingerprint density at radius 1 is 0.870 bits per heavy atom. The van der Waals surface area contributed by atoms with Crippen molar-refractivity contribution in [2.24, 2.45) is 0 Å². The van der Waals surface area contributed by atoms with Gasteiger partial charge in [-0.1, -0.05) is 0 Å². The number of aliphatic hydroxyl groups is 9. The molecule has 2 rings (SSSR count). The largest absolute Gasteiger partial charge is 0.394 e. The first-order valence-corrected chi connectivity index (χ1v) is 7.00. The monoisotopic (exact) mass is 342 g/mol. The minimum Gasteiger partial charge on any atom is -0.394 e. The van der Waals surface area contributed by atoms with Crippen molar-refractivity contribution < 1.29 is 55.4 Å². The zero-order chi connectivity index (χ0) is 17.6. The van der Waals surface area contributed by atoms with Gasteiger partial charge in [0, 0.05) is 0 Å². The summed E-state index contributed by atoms with van der Waals surface area (Å²) in [5.41, 5.74) is -6.12. The Kier molecular flexibility index (Phi) is 5.31. The van der Waals surface area contributed by atoms with Gasteiger partial charge in [-0.15, -0.1) is 0 Å². The van der Waals surface area contributed by atoms with E-state index >= 15 is 0 Å². The van der Waals surface area contributed by atoms with Crippen LogP contribution in [0.25, 0.3) is 0 Å². The molecule has 0 bridgehead atoms. The van der Waals surface area contributed by atoms with Gasteiger partial charge < -0.3 is 55.4 Å². The molecule has 2 aliphatic rings. The Balaban J connectivity index is 2.49. The van der Waals surface area contributed by atoms with Crippen LogP contribution in [0.4, 0.5) is 0 Å². The first-order valence-electron chi connectivity index (χ1n) is 7.00. The smallest absolute Gasteiger partial charge is 0.190 e. The summed E-state index contributed by atoms with van der Waals surface area (Å²) in [5.74, 6) is 0. The molecule has 2 fully saturated rings. The van der Waals surface area contributed by atoms with Crippen molar-refractivity contribution in [1.82, 2.24) is 0 Å². The van der Waals surface area contributed by atoms with Gasteiger partial charge in [0.1, 0.15) is 36.6 Å². The van der Waals surface area contributed by atoms with Crippen molar-refractivity contribution in [3.05, 3.63) is 0 Å². The van der Waals surface area contributed by atoms with Crippen LogP contribution in [0, 0.1) is 0 Å². The van der Waals surface area contributed by atoms with Crippen LogP contribution in [0.1, 0.15) is 0 Å². The van der Waals surface area contributed by atoms with Crippen molar-refractivity contribution >= 4 is 0 Å². The maximum atomic E-state index is 10.8. The molecule has 0 unspecified atom stereocenters. The third-order valence-corrected chi connectivity index (χ3v) is 4.60. The number of ether oxygens (including phenoxy) is 2. The van der Waals surface area contributed by atoms with Gasteiger partial charge in [0.05, 0.1) is 19.8 Å². The van der Waals surface area contributed by atoms with Crippen molar-refractivity contribution in [3.63, 3.8) is 0 Å². The molecule has 2 saturated heterocycles. The maximum Gasteiger partial charge on any atom is 0.190 e.